The first-order valence-corrected chi connectivity index (χ1v) is 26.0. The van der Waals surface area contributed by atoms with Gasteiger partial charge >= 0.3 is 0 Å². The molecule has 2 aromatic heterocycles. The van der Waals surface area contributed by atoms with Gasteiger partial charge in [0.05, 0.1) is 17.4 Å². The number of furan rings is 2. The molecule has 6 nitrogen and oxygen atoms in total. The summed E-state index contributed by atoms with van der Waals surface area (Å²) in [5.41, 5.74) is 17.5. The fraction of sp³-hybridized carbons (Fsp3) is 0.194. The predicted octanol–water partition coefficient (Wildman–Crippen LogP) is 14.8. The van der Waals surface area contributed by atoms with Crippen molar-refractivity contribution in [2.24, 2.45) is 11.8 Å². The number of benzene rings is 6. The Bertz CT molecular complexity index is 3720. The van der Waals surface area contributed by atoms with Gasteiger partial charge in [0.15, 0.2) is 0 Å². The summed E-state index contributed by atoms with van der Waals surface area (Å²) in [5.74, 6) is 8.58. The van der Waals surface area contributed by atoms with Crippen LogP contribution in [0.1, 0.15) is 78.7 Å². The lowest BCUT2D eigenvalue weighted by atomic mass is 9.75. The average Bonchev–Trinajstić information content (AvgIpc) is 4.11. The van der Waals surface area contributed by atoms with Crippen LogP contribution < -0.4 is 26.3 Å². The number of hydrogen-bond donors (Lipinski definition) is 1. The van der Waals surface area contributed by atoms with Crippen molar-refractivity contribution in [3.05, 3.63) is 244 Å². The minimum Gasteiger partial charge on any atom is -0.456 e. The van der Waals surface area contributed by atoms with E-state index < -0.39 is 0 Å². The van der Waals surface area contributed by atoms with E-state index in [1.54, 1.807) is 0 Å². The summed E-state index contributed by atoms with van der Waals surface area (Å²) in [5, 5.41) is 5.49. The number of hydrazine groups is 1. The van der Waals surface area contributed by atoms with E-state index >= 15 is 0 Å². The molecule has 0 fully saturated rings. The van der Waals surface area contributed by atoms with Gasteiger partial charge in [-0.25, -0.2) is 5.84 Å². The Morgan fingerprint density at radius 2 is 1.66 bits per heavy atom. The molecule has 2 N–H and O–H groups in total. The van der Waals surface area contributed by atoms with E-state index in [1.165, 1.54) is 33.3 Å². The minimum absolute atomic E-state index is 0.147. The van der Waals surface area contributed by atoms with Crippen LogP contribution in [0.2, 0.25) is 0 Å². The van der Waals surface area contributed by atoms with E-state index in [1.807, 2.05) is 17.2 Å². The first-order chi connectivity index (χ1) is 35.7. The SMILES string of the molecule is C=C/C(=C\C=C1/Cc2cc3c4c(oc3cc2N1c1cccc(C/C=C(/c2ccccc2)N(N)C2C=CC(C)CC2)c1)C=CCC4)c1ccc(N(C)c2ccccc2)c(C2(C)C=c3c(oc4ccccc34)=CC2)c1. The highest BCUT2D eigenvalue weighted by Gasteiger charge is 2.32. The highest BCUT2D eigenvalue weighted by molar-refractivity contribution is 5.93. The summed E-state index contributed by atoms with van der Waals surface area (Å²) in [6.07, 6.45) is 29.0. The molecule has 3 atom stereocenters. The smallest absolute Gasteiger partial charge is 0.137 e. The maximum absolute atomic E-state index is 7.02. The second-order valence-corrected chi connectivity index (χ2v) is 20.6. The van der Waals surface area contributed by atoms with Crippen LogP contribution in [0, 0.1) is 5.92 Å². The summed E-state index contributed by atoms with van der Waals surface area (Å²) in [7, 11) is 2.17. The zero-order valence-electron chi connectivity index (χ0n) is 42.1. The van der Waals surface area contributed by atoms with Crippen LogP contribution >= 0.6 is 0 Å². The molecular weight excluding hydrogens is 893 g/mol. The molecule has 0 saturated heterocycles. The lowest BCUT2D eigenvalue weighted by Crippen LogP contribution is -2.39. The molecule has 0 amide bonds. The molecule has 362 valence electrons. The predicted molar refractivity (Wildman–Crippen MR) is 305 cm³/mol. The quantitative estimate of drug-likeness (QED) is 0.0570. The van der Waals surface area contributed by atoms with Crippen molar-refractivity contribution in [2.75, 3.05) is 16.8 Å². The van der Waals surface area contributed by atoms with Gasteiger partial charge in [-0.1, -0.05) is 148 Å². The van der Waals surface area contributed by atoms with E-state index in [0.717, 1.165) is 123 Å². The summed E-state index contributed by atoms with van der Waals surface area (Å²) >= 11 is 0. The van der Waals surface area contributed by atoms with Crippen LogP contribution in [-0.2, 0) is 24.7 Å². The second kappa shape index (κ2) is 19.2. The Labute approximate surface area is 429 Å². The third-order valence-electron chi connectivity index (χ3n) is 15.7. The molecule has 12 rings (SSSR count). The highest BCUT2D eigenvalue weighted by Crippen LogP contribution is 2.46. The van der Waals surface area contributed by atoms with Crippen molar-refractivity contribution >= 4 is 74.2 Å². The monoisotopic (exact) mass is 954 g/mol. The summed E-state index contributed by atoms with van der Waals surface area (Å²) in [4.78, 5) is 4.74. The molecule has 0 radical (unpaired) electrons. The van der Waals surface area contributed by atoms with Crippen LogP contribution in [0.3, 0.4) is 0 Å². The van der Waals surface area contributed by atoms with Gasteiger partial charge in [0.1, 0.15) is 22.3 Å². The summed E-state index contributed by atoms with van der Waals surface area (Å²) in [6, 6.07) is 50.3. The van der Waals surface area contributed by atoms with Crippen molar-refractivity contribution in [2.45, 2.75) is 70.3 Å². The zero-order valence-corrected chi connectivity index (χ0v) is 42.1. The molecule has 3 aliphatic carbocycles. The standard InChI is InChI=1S/C67H62N4O2/c1-5-47(49-31-36-61(69(4)51-20-10-7-11-21-51)59(42-49)67(3)38-37-65-58(44-67)56-24-13-15-26-64(56)72-65)30-34-54-40-50-41-57-55-23-12-14-25-63(55)73-66(57)43-62(50)70(54)53-22-16-17-46(39-53)29-35-60(48-18-8-6-9-19-48)71(68)52-32-27-45(2)28-33-52/h5-11,13-22,24-27,30-32,34-37,39,41-45,52H,1,12,23,28-29,33,38,40,68H2,2-4H3/b47-30+,54-34+,60-35-. The van der Waals surface area contributed by atoms with Crippen LogP contribution in [0.25, 0.3) is 51.4 Å². The molecule has 8 aromatic rings. The molecule has 6 aromatic carbocycles. The fourth-order valence-corrected chi connectivity index (χ4v) is 11.6. The lowest BCUT2D eigenvalue weighted by Gasteiger charge is -2.33. The fourth-order valence-electron chi connectivity index (χ4n) is 11.6. The first-order valence-electron chi connectivity index (χ1n) is 26.0. The highest BCUT2D eigenvalue weighted by atomic mass is 16.3. The van der Waals surface area contributed by atoms with Gasteiger partial charge in [-0.3, -0.25) is 0 Å². The number of anilines is 4. The van der Waals surface area contributed by atoms with E-state index in [0.29, 0.717) is 5.92 Å². The summed E-state index contributed by atoms with van der Waals surface area (Å²) < 4.78 is 12.9. The third kappa shape index (κ3) is 8.70. The molecule has 0 saturated carbocycles. The number of nitrogens with two attached hydrogens (primary N) is 1. The maximum Gasteiger partial charge on any atom is 0.137 e. The van der Waals surface area contributed by atoms with E-state index in [-0.39, 0.29) is 11.5 Å². The van der Waals surface area contributed by atoms with E-state index in [4.69, 9.17) is 14.7 Å². The van der Waals surface area contributed by atoms with Gasteiger partial charge in [0, 0.05) is 69.3 Å². The molecule has 0 spiro atoms. The largest absolute Gasteiger partial charge is 0.456 e. The number of nitrogens with zero attached hydrogens (tertiary/aromatic N) is 3. The van der Waals surface area contributed by atoms with Crippen LogP contribution in [0.5, 0.6) is 0 Å². The number of hydrogen-bond acceptors (Lipinski definition) is 6. The van der Waals surface area contributed by atoms with E-state index in [2.05, 4.69) is 225 Å². The molecule has 3 heterocycles. The number of aryl methyl sites for hydroxylation is 1. The number of fused-ring (bicyclic) bond motifs is 7. The van der Waals surface area contributed by atoms with Gasteiger partial charge < -0.3 is 23.6 Å². The Balaban J connectivity index is 0.943. The minimum atomic E-state index is -0.329. The second-order valence-electron chi connectivity index (χ2n) is 20.6. The topological polar surface area (TPSA) is 62.0 Å². The number of rotatable bonds is 12. The van der Waals surface area contributed by atoms with Crippen LogP contribution in [0.15, 0.2) is 203 Å². The van der Waals surface area contributed by atoms with Crippen molar-refractivity contribution in [1.82, 2.24) is 5.01 Å². The Morgan fingerprint density at radius 3 is 2.48 bits per heavy atom. The van der Waals surface area contributed by atoms with Gasteiger partial charge in [-0.2, -0.15) is 0 Å². The summed E-state index contributed by atoms with van der Waals surface area (Å²) in [6.45, 7) is 9.05. The van der Waals surface area contributed by atoms with Crippen molar-refractivity contribution in [3.63, 3.8) is 0 Å². The Morgan fingerprint density at radius 1 is 0.836 bits per heavy atom. The zero-order chi connectivity index (χ0) is 49.6. The lowest BCUT2D eigenvalue weighted by molar-refractivity contribution is 0.309. The van der Waals surface area contributed by atoms with E-state index in [9.17, 15) is 0 Å². The molecule has 73 heavy (non-hydrogen) atoms. The molecule has 3 unspecified atom stereocenters. The maximum atomic E-state index is 7.02. The number of allylic oxidation sites excluding steroid dienone is 8. The van der Waals surface area contributed by atoms with Gasteiger partial charge in [0.25, 0.3) is 0 Å². The van der Waals surface area contributed by atoms with Crippen molar-refractivity contribution < 1.29 is 8.83 Å². The molecule has 6 heteroatoms. The normalized spacial score (nSPS) is 19.9. The third-order valence-corrected chi connectivity index (χ3v) is 15.7. The first kappa shape index (κ1) is 46.0. The van der Waals surface area contributed by atoms with Crippen LogP contribution in [0.4, 0.5) is 22.7 Å². The van der Waals surface area contributed by atoms with Crippen molar-refractivity contribution in [3.8, 4) is 0 Å². The van der Waals surface area contributed by atoms with Gasteiger partial charge in [0.2, 0.25) is 0 Å². The molecule has 0 bridgehead atoms. The number of para-hydroxylation sites is 2. The van der Waals surface area contributed by atoms with Crippen LogP contribution in [-0.4, -0.2) is 18.1 Å². The Hall–Kier alpha value is -8.06. The van der Waals surface area contributed by atoms with Gasteiger partial charge in [-0.05, 0) is 145 Å². The average molecular weight is 955 g/mol. The van der Waals surface area contributed by atoms with Gasteiger partial charge in [-0.15, -0.1) is 0 Å². The Kier molecular flexibility index (Phi) is 12.1. The van der Waals surface area contributed by atoms with Crippen molar-refractivity contribution in [1.29, 1.82) is 0 Å². The molecule has 1 aliphatic heterocycles. The molecular formula is C67H62N4O2. The molecule has 4 aliphatic rings.